The van der Waals surface area contributed by atoms with Crippen LogP contribution in [0, 0.1) is 17.8 Å². The lowest BCUT2D eigenvalue weighted by atomic mass is 9.60. The van der Waals surface area contributed by atoms with E-state index < -0.39 is 45.9 Å². The molecule has 0 amide bonds. The highest BCUT2D eigenvalue weighted by Crippen LogP contribution is 2.49. The van der Waals surface area contributed by atoms with Crippen molar-refractivity contribution in [2.75, 3.05) is 6.61 Å². The molecule has 0 aromatic heterocycles. The topological polar surface area (TPSA) is 107 Å². The van der Waals surface area contributed by atoms with Gasteiger partial charge in [0.25, 0.3) is 0 Å². The third-order valence-corrected chi connectivity index (χ3v) is 5.48. The van der Waals surface area contributed by atoms with E-state index in [1.165, 1.54) is 0 Å². The summed E-state index contributed by atoms with van der Waals surface area (Å²) in [4.78, 5) is 24.1. The molecule has 2 saturated carbocycles. The maximum atomic E-state index is 13.1. The molecule has 2 aliphatic heterocycles. The molecule has 0 aromatic rings. The molecule has 5 atom stereocenters. The summed E-state index contributed by atoms with van der Waals surface area (Å²) in [5.41, 5.74) is 0. The Bertz CT molecular complexity index is 617. The van der Waals surface area contributed by atoms with Gasteiger partial charge in [0, 0.05) is 5.92 Å². The zero-order valence-electron chi connectivity index (χ0n) is 11.3. The number of rotatable bonds is 4. The van der Waals surface area contributed by atoms with E-state index in [1.54, 1.807) is 0 Å². The molecule has 22 heavy (non-hydrogen) atoms. The Morgan fingerprint density at radius 2 is 2.05 bits per heavy atom. The van der Waals surface area contributed by atoms with Crippen LogP contribution in [0.4, 0.5) is 8.78 Å². The Hall–Kier alpha value is -1.13. The predicted octanol–water partition coefficient (Wildman–Crippen LogP) is 0.393. The molecule has 2 saturated heterocycles. The molecule has 1 N–H and O–H groups in total. The van der Waals surface area contributed by atoms with Gasteiger partial charge in [0.05, 0.1) is 12.0 Å². The Kier molecular flexibility index (Phi) is 3.53. The number of esters is 1. The van der Waals surface area contributed by atoms with E-state index in [0.29, 0.717) is 19.3 Å². The van der Waals surface area contributed by atoms with Gasteiger partial charge < -0.3 is 9.47 Å². The number of carbonyl (C=O) groups excluding carboxylic acids is 2. The molecule has 5 unspecified atom stereocenters. The van der Waals surface area contributed by atoms with E-state index in [4.69, 9.17) is 9.29 Å². The maximum absolute atomic E-state index is 13.1. The molecule has 4 fully saturated rings. The SMILES string of the molecule is O=C1C2CC3CC(CC1C3C(=O)OCC(F)(F)S(=O)(=O)O)O2. The van der Waals surface area contributed by atoms with Crippen molar-refractivity contribution in [2.24, 2.45) is 17.8 Å². The van der Waals surface area contributed by atoms with Crippen molar-refractivity contribution in [1.82, 2.24) is 0 Å². The highest BCUT2D eigenvalue weighted by Gasteiger charge is 2.57. The molecular weight excluding hydrogens is 326 g/mol. The minimum Gasteiger partial charge on any atom is -0.458 e. The first-order valence-corrected chi connectivity index (χ1v) is 8.25. The molecule has 4 rings (SSSR count). The maximum Gasteiger partial charge on any atom is 0.402 e. The van der Waals surface area contributed by atoms with Gasteiger partial charge in [-0.15, -0.1) is 0 Å². The summed E-state index contributed by atoms with van der Waals surface area (Å²) in [7, 11) is -5.66. The molecule has 124 valence electrons. The summed E-state index contributed by atoms with van der Waals surface area (Å²) in [6.45, 7) is -1.77. The summed E-state index contributed by atoms with van der Waals surface area (Å²) in [5.74, 6) is -2.91. The lowest BCUT2D eigenvalue weighted by Gasteiger charge is -2.51. The van der Waals surface area contributed by atoms with Gasteiger partial charge in [0.2, 0.25) is 0 Å². The fourth-order valence-corrected chi connectivity index (χ4v) is 3.86. The first-order chi connectivity index (χ1) is 10.1. The van der Waals surface area contributed by atoms with Gasteiger partial charge in [-0.1, -0.05) is 0 Å². The zero-order chi connectivity index (χ0) is 16.3. The second-order valence-corrected chi connectivity index (χ2v) is 7.52. The van der Waals surface area contributed by atoms with Crippen LogP contribution in [0.5, 0.6) is 0 Å². The van der Waals surface area contributed by atoms with E-state index in [1.807, 2.05) is 0 Å². The summed E-state index contributed by atoms with van der Waals surface area (Å²) < 4.78 is 65.4. The highest BCUT2D eigenvalue weighted by molar-refractivity contribution is 7.86. The number of hydrogen-bond acceptors (Lipinski definition) is 6. The molecular formula is C12H14F2O7S. The number of Topliss-reactive ketones (excluding diaryl/α,β-unsaturated/α-hetero) is 1. The van der Waals surface area contributed by atoms with Gasteiger partial charge in [-0.25, -0.2) is 0 Å². The summed E-state index contributed by atoms with van der Waals surface area (Å²) >= 11 is 0. The van der Waals surface area contributed by atoms with Crippen molar-refractivity contribution in [3.63, 3.8) is 0 Å². The van der Waals surface area contributed by atoms with Crippen LogP contribution in [0.1, 0.15) is 19.3 Å². The zero-order valence-corrected chi connectivity index (χ0v) is 12.1. The van der Waals surface area contributed by atoms with Gasteiger partial charge in [0.1, 0.15) is 6.10 Å². The molecule has 4 aliphatic rings. The van der Waals surface area contributed by atoms with Crippen molar-refractivity contribution in [3.05, 3.63) is 0 Å². The average molecular weight is 340 g/mol. The molecule has 10 heteroatoms. The van der Waals surface area contributed by atoms with Crippen molar-refractivity contribution in [2.45, 2.75) is 36.7 Å². The summed E-state index contributed by atoms with van der Waals surface area (Å²) in [6, 6.07) is 0. The van der Waals surface area contributed by atoms with Crippen LogP contribution in [-0.2, 0) is 29.2 Å². The molecule has 2 aliphatic carbocycles. The van der Waals surface area contributed by atoms with E-state index in [9.17, 15) is 26.8 Å². The Balaban J connectivity index is 1.70. The lowest BCUT2D eigenvalue weighted by Crippen LogP contribution is -2.59. The average Bonchev–Trinajstić information content (AvgIpc) is 2.40. The largest absolute Gasteiger partial charge is 0.458 e. The molecule has 0 spiro atoms. The van der Waals surface area contributed by atoms with Crippen LogP contribution in [0.3, 0.4) is 0 Å². The lowest BCUT2D eigenvalue weighted by molar-refractivity contribution is -0.199. The fraction of sp³-hybridized carbons (Fsp3) is 0.833. The number of alkyl halides is 2. The Morgan fingerprint density at radius 3 is 2.68 bits per heavy atom. The van der Waals surface area contributed by atoms with Crippen LogP contribution in [0.2, 0.25) is 0 Å². The molecule has 0 radical (unpaired) electrons. The highest BCUT2D eigenvalue weighted by atomic mass is 32.2. The normalized spacial score (nSPS) is 37.4. The number of ketones is 1. The first-order valence-electron chi connectivity index (χ1n) is 6.81. The summed E-state index contributed by atoms with van der Waals surface area (Å²) in [5, 5.41) is -4.57. The van der Waals surface area contributed by atoms with Crippen molar-refractivity contribution < 1.29 is 40.8 Å². The van der Waals surface area contributed by atoms with Crippen LogP contribution in [0.15, 0.2) is 0 Å². The van der Waals surface area contributed by atoms with E-state index in [-0.39, 0.29) is 17.8 Å². The monoisotopic (exact) mass is 340 g/mol. The number of carbonyl (C=O) groups is 2. The molecule has 4 bridgehead atoms. The van der Waals surface area contributed by atoms with Crippen LogP contribution in [0.25, 0.3) is 0 Å². The van der Waals surface area contributed by atoms with Crippen molar-refractivity contribution in [1.29, 1.82) is 0 Å². The minimum atomic E-state index is -5.66. The van der Waals surface area contributed by atoms with Crippen molar-refractivity contribution in [3.8, 4) is 0 Å². The van der Waals surface area contributed by atoms with Gasteiger partial charge >= 0.3 is 21.3 Å². The third-order valence-electron chi connectivity index (χ3n) is 4.61. The second-order valence-electron chi connectivity index (χ2n) is 5.97. The minimum absolute atomic E-state index is 0.102. The molecule has 7 nitrogen and oxygen atoms in total. The fourth-order valence-electron chi connectivity index (χ4n) is 3.65. The second kappa shape index (κ2) is 4.93. The number of hydrogen-bond donors (Lipinski definition) is 1. The van der Waals surface area contributed by atoms with E-state index in [0.717, 1.165) is 0 Å². The van der Waals surface area contributed by atoms with Crippen LogP contribution in [-0.4, -0.2) is 48.8 Å². The first kappa shape index (κ1) is 15.8. The van der Waals surface area contributed by atoms with Gasteiger partial charge in [-0.3, -0.25) is 14.1 Å². The van der Waals surface area contributed by atoms with Gasteiger partial charge in [0.15, 0.2) is 12.4 Å². The van der Waals surface area contributed by atoms with Crippen LogP contribution < -0.4 is 0 Å². The van der Waals surface area contributed by atoms with Crippen LogP contribution >= 0.6 is 0 Å². The third kappa shape index (κ3) is 2.42. The predicted molar refractivity (Wildman–Crippen MR) is 65.4 cm³/mol. The van der Waals surface area contributed by atoms with Crippen molar-refractivity contribution >= 4 is 21.9 Å². The number of ether oxygens (including phenoxy) is 2. The van der Waals surface area contributed by atoms with E-state index in [2.05, 4.69) is 4.74 Å². The smallest absolute Gasteiger partial charge is 0.402 e. The van der Waals surface area contributed by atoms with Gasteiger partial charge in [-0.05, 0) is 25.2 Å². The summed E-state index contributed by atoms with van der Waals surface area (Å²) in [6.07, 6.45) is 0.607. The molecule has 0 aromatic carbocycles. The van der Waals surface area contributed by atoms with E-state index >= 15 is 0 Å². The standard InChI is InChI=1S/C12H14F2O7S/c13-12(14,22(17,18)19)4-20-11(16)9-5-1-6-3-7(9)10(15)8(2-5)21-6/h5-9H,1-4H2,(H,17,18,19). The van der Waals surface area contributed by atoms with Gasteiger partial charge in [-0.2, -0.15) is 17.2 Å². The molecule has 2 heterocycles. The quantitative estimate of drug-likeness (QED) is 0.583. The Labute approximate surface area is 124 Å². The number of halogens is 2. The Morgan fingerprint density at radius 1 is 1.36 bits per heavy atom.